The standard InChI is InChI=1S/C13H24N2O5/c1-13(2,3)20-12(18)14-5-6-15-8-9(16)7-10(15)11(17)19-4/h9-10,16H,5-8H2,1-4H3,(H,14,18)/t9-,10+/m1/s1. The number of carbonyl (C=O) groups excluding carboxylic acids is 2. The van der Waals surface area contributed by atoms with Crippen LogP contribution in [0.4, 0.5) is 4.79 Å². The van der Waals surface area contributed by atoms with Crippen molar-refractivity contribution in [3.05, 3.63) is 0 Å². The summed E-state index contributed by atoms with van der Waals surface area (Å²) in [7, 11) is 1.32. The van der Waals surface area contributed by atoms with E-state index in [4.69, 9.17) is 9.47 Å². The number of esters is 1. The van der Waals surface area contributed by atoms with Crippen LogP contribution in [-0.4, -0.2) is 66.6 Å². The van der Waals surface area contributed by atoms with Gasteiger partial charge in [-0.3, -0.25) is 9.69 Å². The highest BCUT2D eigenvalue weighted by atomic mass is 16.6. The second kappa shape index (κ2) is 6.90. The van der Waals surface area contributed by atoms with Gasteiger partial charge in [-0.1, -0.05) is 0 Å². The summed E-state index contributed by atoms with van der Waals surface area (Å²) < 4.78 is 9.81. The molecule has 2 N–H and O–H groups in total. The van der Waals surface area contributed by atoms with E-state index in [0.29, 0.717) is 26.1 Å². The molecule has 0 saturated carbocycles. The molecule has 1 aliphatic rings. The third-order valence-corrected chi connectivity index (χ3v) is 2.92. The van der Waals surface area contributed by atoms with Crippen molar-refractivity contribution in [2.24, 2.45) is 0 Å². The third kappa shape index (κ3) is 5.34. The van der Waals surface area contributed by atoms with Gasteiger partial charge in [0.1, 0.15) is 11.6 Å². The van der Waals surface area contributed by atoms with Crippen molar-refractivity contribution in [3.63, 3.8) is 0 Å². The molecular weight excluding hydrogens is 264 g/mol. The van der Waals surface area contributed by atoms with Crippen molar-refractivity contribution in [3.8, 4) is 0 Å². The summed E-state index contributed by atoms with van der Waals surface area (Å²) in [5.41, 5.74) is -0.539. The van der Waals surface area contributed by atoms with Crippen LogP contribution in [0.3, 0.4) is 0 Å². The number of carbonyl (C=O) groups is 2. The van der Waals surface area contributed by atoms with Gasteiger partial charge in [0.2, 0.25) is 0 Å². The topological polar surface area (TPSA) is 88.1 Å². The molecule has 0 bridgehead atoms. The lowest BCUT2D eigenvalue weighted by Gasteiger charge is -2.23. The molecule has 1 heterocycles. The molecule has 20 heavy (non-hydrogen) atoms. The van der Waals surface area contributed by atoms with Crippen molar-refractivity contribution in [2.75, 3.05) is 26.7 Å². The number of hydrogen-bond acceptors (Lipinski definition) is 6. The zero-order valence-electron chi connectivity index (χ0n) is 12.5. The number of likely N-dealkylation sites (tertiary alicyclic amines) is 1. The Labute approximate surface area is 119 Å². The Bertz CT molecular complexity index is 353. The van der Waals surface area contributed by atoms with Crippen molar-refractivity contribution in [2.45, 2.75) is 44.9 Å². The van der Waals surface area contributed by atoms with E-state index in [2.05, 4.69) is 5.32 Å². The van der Waals surface area contributed by atoms with E-state index in [1.54, 1.807) is 25.7 Å². The van der Waals surface area contributed by atoms with Crippen LogP contribution in [0, 0.1) is 0 Å². The number of nitrogens with zero attached hydrogens (tertiary/aromatic N) is 1. The minimum absolute atomic E-state index is 0.342. The van der Waals surface area contributed by atoms with Crippen molar-refractivity contribution in [1.82, 2.24) is 10.2 Å². The molecule has 1 amide bonds. The molecule has 0 aromatic heterocycles. The van der Waals surface area contributed by atoms with Gasteiger partial charge in [-0.15, -0.1) is 0 Å². The van der Waals surface area contributed by atoms with Crippen LogP contribution in [0.5, 0.6) is 0 Å². The fourth-order valence-corrected chi connectivity index (χ4v) is 2.12. The lowest BCUT2D eigenvalue weighted by atomic mass is 10.2. The van der Waals surface area contributed by atoms with Gasteiger partial charge < -0.3 is 19.9 Å². The summed E-state index contributed by atoms with van der Waals surface area (Å²) in [5, 5.41) is 12.2. The number of β-amino-alcohol motifs (C(OH)–C–C–N with tert-alkyl or cyclic N) is 1. The Hall–Kier alpha value is -1.34. The Morgan fingerprint density at radius 1 is 1.40 bits per heavy atom. The van der Waals surface area contributed by atoms with Gasteiger partial charge >= 0.3 is 12.1 Å². The van der Waals surface area contributed by atoms with E-state index in [1.165, 1.54) is 7.11 Å². The molecule has 0 aliphatic carbocycles. The quantitative estimate of drug-likeness (QED) is 0.714. The van der Waals surface area contributed by atoms with E-state index in [9.17, 15) is 14.7 Å². The summed E-state index contributed by atoms with van der Waals surface area (Å²) in [6.45, 7) is 6.56. The van der Waals surface area contributed by atoms with Crippen LogP contribution in [-0.2, 0) is 14.3 Å². The van der Waals surface area contributed by atoms with E-state index >= 15 is 0 Å². The molecule has 0 unspecified atom stereocenters. The first kappa shape index (κ1) is 16.7. The molecule has 0 aromatic rings. The van der Waals surface area contributed by atoms with Crippen LogP contribution >= 0.6 is 0 Å². The van der Waals surface area contributed by atoms with E-state index in [0.717, 1.165) is 0 Å². The molecule has 7 nitrogen and oxygen atoms in total. The maximum atomic E-state index is 11.6. The number of rotatable bonds is 4. The van der Waals surface area contributed by atoms with Gasteiger partial charge in [-0.25, -0.2) is 4.79 Å². The van der Waals surface area contributed by atoms with Gasteiger partial charge in [0, 0.05) is 26.1 Å². The van der Waals surface area contributed by atoms with E-state index in [1.807, 2.05) is 0 Å². The number of nitrogens with one attached hydrogen (secondary N) is 1. The zero-order valence-corrected chi connectivity index (χ0v) is 12.5. The number of aliphatic hydroxyl groups is 1. The maximum Gasteiger partial charge on any atom is 0.407 e. The van der Waals surface area contributed by atoms with E-state index in [-0.39, 0.29) is 5.97 Å². The minimum atomic E-state index is -0.541. The smallest absolute Gasteiger partial charge is 0.407 e. The average Bonchev–Trinajstić information content (AvgIpc) is 2.67. The monoisotopic (exact) mass is 288 g/mol. The van der Waals surface area contributed by atoms with Gasteiger partial charge in [0.25, 0.3) is 0 Å². The summed E-state index contributed by atoms with van der Waals surface area (Å²) in [4.78, 5) is 24.8. The lowest BCUT2D eigenvalue weighted by Crippen LogP contribution is -2.42. The summed E-state index contributed by atoms with van der Waals surface area (Å²) in [5.74, 6) is -0.362. The average molecular weight is 288 g/mol. The largest absolute Gasteiger partial charge is 0.468 e. The van der Waals surface area contributed by atoms with Crippen LogP contribution in [0.1, 0.15) is 27.2 Å². The number of amides is 1. The van der Waals surface area contributed by atoms with Crippen LogP contribution < -0.4 is 5.32 Å². The number of hydrogen-bond donors (Lipinski definition) is 2. The maximum absolute atomic E-state index is 11.6. The molecule has 1 saturated heterocycles. The lowest BCUT2D eigenvalue weighted by molar-refractivity contribution is -0.145. The molecule has 0 aromatic carbocycles. The summed E-state index contributed by atoms with van der Waals surface area (Å²) >= 11 is 0. The van der Waals surface area contributed by atoms with Crippen LogP contribution in [0.25, 0.3) is 0 Å². The van der Waals surface area contributed by atoms with Crippen molar-refractivity contribution in [1.29, 1.82) is 0 Å². The predicted octanol–water partition coefficient (Wildman–Crippen LogP) is 0.119. The number of alkyl carbamates (subject to hydrolysis) is 1. The molecule has 7 heteroatoms. The highest BCUT2D eigenvalue weighted by Gasteiger charge is 2.36. The summed E-state index contributed by atoms with van der Waals surface area (Å²) in [6, 6.07) is -0.449. The zero-order chi connectivity index (χ0) is 15.3. The number of ether oxygens (including phenoxy) is 2. The number of methoxy groups -OCH3 is 1. The number of aliphatic hydroxyl groups excluding tert-OH is 1. The molecular formula is C13H24N2O5. The van der Waals surface area contributed by atoms with Crippen LogP contribution in [0.15, 0.2) is 0 Å². The highest BCUT2D eigenvalue weighted by molar-refractivity contribution is 5.76. The normalized spacial score (nSPS) is 23.4. The Morgan fingerprint density at radius 3 is 2.60 bits per heavy atom. The van der Waals surface area contributed by atoms with Gasteiger partial charge in [0.15, 0.2) is 0 Å². The fourth-order valence-electron chi connectivity index (χ4n) is 2.12. The Morgan fingerprint density at radius 2 is 2.05 bits per heavy atom. The second-order valence-electron chi connectivity index (χ2n) is 5.85. The second-order valence-corrected chi connectivity index (χ2v) is 5.85. The molecule has 2 atom stereocenters. The van der Waals surface area contributed by atoms with Crippen molar-refractivity contribution >= 4 is 12.1 Å². The highest BCUT2D eigenvalue weighted by Crippen LogP contribution is 2.18. The Balaban J connectivity index is 2.37. The molecule has 1 rings (SSSR count). The van der Waals surface area contributed by atoms with E-state index < -0.39 is 23.8 Å². The molecule has 0 spiro atoms. The van der Waals surface area contributed by atoms with Crippen LogP contribution in [0.2, 0.25) is 0 Å². The summed E-state index contributed by atoms with van der Waals surface area (Å²) in [6.07, 6.45) is -0.675. The SMILES string of the molecule is COC(=O)[C@@H]1C[C@@H](O)CN1CCNC(=O)OC(C)(C)C. The van der Waals surface area contributed by atoms with Gasteiger partial charge in [0.05, 0.1) is 13.2 Å². The molecule has 0 radical (unpaired) electrons. The minimum Gasteiger partial charge on any atom is -0.468 e. The first-order valence-corrected chi connectivity index (χ1v) is 6.69. The predicted molar refractivity (Wildman–Crippen MR) is 72.2 cm³/mol. The Kier molecular flexibility index (Phi) is 5.76. The third-order valence-electron chi connectivity index (χ3n) is 2.92. The molecule has 116 valence electrons. The van der Waals surface area contributed by atoms with Crippen molar-refractivity contribution < 1.29 is 24.2 Å². The molecule has 1 fully saturated rings. The fraction of sp³-hybridized carbons (Fsp3) is 0.846. The first-order chi connectivity index (χ1) is 9.23. The first-order valence-electron chi connectivity index (χ1n) is 6.69. The van der Waals surface area contributed by atoms with Gasteiger partial charge in [-0.05, 0) is 20.8 Å². The molecule has 1 aliphatic heterocycles. The van der Waals surface area contributed by atoms with Gasteiger partial charge in [-0.2, -0.15) is 0 Å².